The van der Waals surface area contributed by atoms with Crippen LogP contribution in [-0.4, -0.2) is 44.8 Å². The lowest BCUT2D eigenvalue weighted by molar-refractivity contribution is -0.133. The number of aromatic nitrogens is 1. The predicted molar refractivity (Wildman–Crippen MR) is 120 cm³/mol. The first-order valence-corrected chi connectivity index (χ1v) is 10.9. The number of carbonyl (C=O) groups excluding carboxylic acids is 2. The number of carbonyl (C=O) groups is 2. The molecule has 3 rings (SSSR count). The van der Waals surface area contributed by atoms with E-state index in [0.29, 0.717) is 18.2 Å². The minimum Gasteiger partial charge on any atom is -0.353 e. The molecule has 2 aromatic rings. The van der Waals surface area contributed by atoms with E-state index in [0.717, 1.165) is 18.5 Å². The van der Waals surface area contributed by atoms with Crippen LogP contribution in [0.25, 0.3) is 0 Å². The zero-order chi connectivity index (χ0) is 22.1. The van der Waals surface area contributed by atoms with Gasteiger partial charge in [0.25, 0.3) is 5.91 Å². The molecule has 0 N–H and O–H groups in total. The van der Waals surface area contributed by atoms with Gasteiger partial charge in [-0.15, -0.1) is 0 Å². The molecule has 1 aromatic carbocycles. The highest BCUT2D eigenvalue weighted by Crippen LogP contribution is 2.29. The summed E-state index contributed by atoms with van der Waals surface area (Å²) in [6, 6.07) is 12.1. The molecule has 1 fully saturated rings. The van der Waals surface area contributed by atoms with Gasteiger partial charge in [-0.3, -0.25) is 9.59 Å². The van der Waals surface area contributed by atoms with Gasteiger partial charge in [-0.2, -0.15) is 0 Å². The molecule has 1 aliphatic carbocycles. The molecule has 0 spiro atoms. The highest BCUT2D eigenvalue weighted by atomic mass is 16.2. The van der Waals surface area contributed by atoms with Crippen LogP contribution in [0, 0.1) is 0 Å². The first kappa shape index (κ1) is 22.1. The molecule has 0 aliphatic heterocycles. The monoisotopic (exact) mass is 409 g/mol. The van der Waals surface area contributed by atoms with Gasteiger partial charge in [0.2, 0.25) is 5.91 Å². The summed E-state index contributed by atoms with van der Waals surface area (Å²) in [5.41, 5.74) is 2.96. The van der Waals surface area contributed by atoms with Crippen molar-refractivity contribution in [1.29, 1.82) is 0 Å². The Morgan fingerprint density at radius 1 is 1.10 bits per heavy atom. The molecule has 0 saturated heterocycles. The smallest absolute Gasteiger partial charge is 0.254 e. The van der Waals surface area contributed by atoms with Gasteiger partial charge >= 0.3 is 0 Å². The summed E-state index contributed by atoms with van der Waals surface area (Å²) in [6.45, 7) is 11.1. The normalized spacial score (nSPS) is 14.1. The fourth-order valence-electron chi connectivity index (χ4n) is 3.65. The zero-order valence-corrected chi connectivity index (χ0v) is 19.2. The summed E-state index contributed by atoms with van der Waals surface area (Å²) in [7, 11) is 2.00. The van der Waals surface area contributed by atoms with Crippen molar-refractivity contribution in [2.75, 3.05) is 6.54 Å². The van der Waals surface area contributed by atoms with Crippen LogP contribution >= 0.6 is 0 Å². The van der Waals surface area contributed by atoms with Crippen molar-refractivity contribution in [1.82, 2.24) is 14.4 Å². The molecule has 0 radical (unpaired) electrons. The lowest BCUT2D eigenvalue weighted by Crippen LogP contribution is -2.46. The van der Waals surface area contributed by atoms with Gasteiger partial charge in [0.1, 0.15) is 6.54 Å². The third kappa shape index (κ3) is 5.13. The maximum Gasteiger partial charge on any atom is 0.254 e. The van der Waals surface area contributed by atoms with Gasteiger partial charge in [-0.1, -0.05) is 32.9 Å². The summed E-state index contributed by atoms with van der Waals surface area (Å²) in [5, 5.41) is 0. The van der Waals surface area contributed by atoms with E-state index < -0.39 is 0 Å². The number of hydrogen-bond acceptors (Lipinski definition) is 2. The van der Waals surface area contributed by atoms with E-state index in [1.54, 1.807) is 4.90 Å². The quantitative estimate of drug-likeness (QED) is 0.682. The molecule has 30 heavy (non-hydrogen) atoms. The van der Waals surface area contributed by atoms with Crippen LogP contribution < -0.4 is 0 Å². The standard InChI is InChI=1S/C25H35N3O2/c1-18(2)27(24(30)19-9-11-20(12-10-19)25(3,4)5)17-23(29)28(21-13-14-21)16-22-8-7-15-26(22)6/h7-12,15,18,21H,13-14,16-17H2,1-6H3. The number of nitrogens with zero attached hydrogens (tertiary/aromatic N) is 3. The fourth-order valence-corrected chi connectivity index (χ4v) is 3.65. The summed E-state index contributed by atoms with van der Waals surface area (Å²) in [4.78, 5) is 30.1. The van der Waals surface area contributed by atoms with Gasteiger partial charge in [-0.05, 0) is 61.9 Å². The molecular formula is C25H35N3O2. The molecule has 0 unspecified atom stereocenters. The molecule has 0 atom stereocenters. The highest BCUT2D eigenvalue weighted by Gasteiger charge is 2.34. The van der Waals surface area contributed by atoms with E-state index in [4.69, 9.17) is 0 Å². The Labute approximate surface area is 180 Å². The van der Waals surface area contributed by atoms with Crippen LogP contribution in [0.3, 0.4) is 0 Å². The molecule has 1 aliphatic rings. The van der Waals surface area contributed by atoms with Crippen molar-refractivity contribution >= 4 is 11.8 Å². The molecule has 1 heterocycles. The van der Waals surface area contributed by atoms with Gasteiger partial charge in [0, 0.05) is 36.6 Å². The van der Waals surface area contributed by atoms with Crippen LogP contribution in [0.4, 0.5) is 0 Å². The second-order valence-corrected chi connectivity index (χ2v) is 9.72. The number of rotatable bonds is 7. The van der Waals surface area contributed by atoms with Gasteiger partial charge in [0.05, 0.1) is 6.54 Å². The minimum atomic E-state index is -0.0894. The first-order valence-electron chi connectivity index (χ1n) is 10.9. The molecule has 5 heteroatoms. The average Bonchev–Trinajstić information content (AvgIpc) is 3.44. The van der Waals surface area contributed by atoms with Gasteiger partial charge in [0.15, 0.2) is 0 Å². The molecular weight excluding hydrogens is 374 g/mol. The van der Waals surface area contributed by atoms with Crippen molar-refractivity contribution in [2.45, 2.75) is 71.5 Å². The topological polar surface area (TPSA) is 45.6 Å². The second kappa shape index (κ2) is 8.66. The Morgan fingerprint density at radius 3 is 2.20 bits per heavy atom. The Bertz CT molecular complexity index is 886. The predicted octanol–water partition coefficient (Wildman–Crippen LogP) is 4.36. The Kier molecular flexibility index (Phi) is 6.39. The van der Waals surface area contributed by atoms with E-state index >= 15 is 0 Å². The zero-order valence-electron chi connectivity index (χ0n) is 19.2. The Morgan fingerprint density at radius 2 is 1.73 bits per heavy atom. The molecule has 162 valence electrons. The maximum absolute atomic E-state index is 13.2. The van der Waals surface area contributed by atoms with Crippen LogP contribution in [-0.2, 0) is 23.8 Å². The fraction of sp³-hybridized carbons (Fsp3) is 0.520. The minimum absolute atomic E-state index is 0.0204. The molecule has 2 amide bonds. The van der Waals surface area contributed by atoms with Crippen molar-refractivity contribution in [2.24, 2.45) is 7.05 Å². The first-order chi connectivity index (χ1) is 14.1. The van der Waals surface area contributed by atoms with E-state index in [1.807, 2.05) is 73.0 Å². The summed E-state index contributed by atoms with van der Waals surface area (Å²) in [6.07, 6.45) is 4.08. The Balaban J connectivity index is 1.74. The summed E-state index contributed by atoms with van der Waals surface area (Å²) < 4.78 is 2.05. The van der Waals surface area contributed by atoms with Gasteiger partial charge < -0.3 is 14.4 Å². The van der Waals surface area contributed by atoms with Crippen molar-refractivity contribution in [3.63, 3.8) is 0 Å². The number of amides is 2. The van der Waals surface area contributed by atoms with Crippen LogP contribution in [0.5, 0.6) is 0 Å². The molecule has 1 saturated carbocycles. The van der Waals surface area contributed by atoms with Crippen molar-refractivity contribution in [3.05, 3.63) is 59.4 Å². The lowest BCUT2D eigenvalue weighted by Gasteiger charge is -2.30. The van der Waals surface area contributed by atoms with Crippen molar-refractivity contribution in [3.8, 4) is 0 Å². The SMILES string of the molecule is CC(C)N(CC(=O)N(Cc1cccn1C)C1CC1)C(=O)c1ccc(C(C)(C)C)cc1. The van der Waals surface area contributed by atoms with Gasteiger partial charge in [-0.25, -0.2) is 0 Å². The third-order valence-corrected chi connectivity index (χ3v) is 5.88. The van der Waals surface area contributed by atoms with E-state index in [9.17, 15) is 9.59 Å². The largest absolute Gasteiger partial charge is 0.353 e. The number of aryl methyl sites for hydroxylation is 1. The second-order valence-electron chi connectivity index (χ2n) is 9.72. The average molecular weight is 410 g/mol. The van der Waals surface area contributed by atoms with Crippen molar-refractivity contribution < 1.29 is 9.59 Å². The lowest BCUT2D eigenvalue weighted by atomic mass is 9.86. The van der Waals surface area contributed by atoms with E-state index in [-0.39, 0.29) is 29.8 Å². The Hall–Kier alpha value is -2.56. The summed E-state index contributed by atoms with van der Waals surface area (Å²) in [5.74, 6) is -0.0690. The van der Waals surface area contributed by atoms with Crippen LogP contribution in [0.1, 0.15) is 69.1 Å². The number of benzene rings is 1. The molecule has 0 bridgehead atoms. The number of hydrogen-bond donors (Lipinski definition) is 0. The highest BCUT2D eigenvalue weighted by molar-refractivity contribution is 5.96. The van der Waals surface area contributed by atoms with Crippen LogP contribution in [0.2, 0.25) is 0 Å². The third-order valence-electron chi connectivity index (χ3n) is 5.88. The van der Waals surface area contributed by atoms with E-state index in [2.05, 4.69) is 20.8 Å². The summed E-state index contributed by atoms with van der Waals surface area (Å²) >= 11 is 0. The van der Waals surface area contributed by atoms with E-state index in [1.165, 1.54) is 5.56 Å². The molecule has 5 nitrogen and oxygen atoms in total. The molecule has 1 aromatic heterocycles. The van der Waals surface area contributed by atoms with Crippen LogP contribution in [0.15, 0.2) is 42.6 Å². The maximum atomic E-state index is 13.2.